The van der Waals surface area contributed by atoms with Crippen molar-refractivity contribution >= 4 is 46.0 Å². The smallest absolute Gasteiger partial charge is 0.397 e. The van der Waals surface area contributed by atoms with Gasteiger partial charge in [-0.25, -0.2) is 4.18 Å². The molecule has 1 unspecified atom stereocenters. The van der Waals surface area contributed by atoms with E-state index in [2.05, 4.69) is 0 Å². The summed E-state index contributed by atoms with van der Waals surface area (Å²) in [5.41, 5.74) is -1.25. The molecular weight excluding hydrogens is 624 g/mol. The van der Waals surface area contributed by atoms with Gasteiger partial charge in [-0.05, 0) is 13.8 Å². The van der Waals surface area contributed by atoms with E-state index in [-0.39, 0.29) is 5.75 Å². The Hall–Kier alpha value is -2.10. The van der Waals surface area contributed by atoms with Crippen LogP contribution in [0.25, 0.3) is 0 Å². The highest BCUT2D eigenvalue weighted by molar-refractivity contribution is 7.99. The van der Waals surface area contributed by atoms with Gasteiger partial charge in [-0.3, -0.25) is 23.7 Å². The average molecular weight is 661 g/mol. The van der Waals surface area contributed by atoms with Crippen molar-refractivity contribution in [2.45, 2.75) is 108 Å². The number of rotatable bonds is 12. The van der Waals surface area contributed by atoms with E-state index in [1.165, 1.54) is 7.11 Å². The van der Waals surface area contributed by atoms with E-state index < -0.39 is 107 Å². The Balaban J connectivity index is 1.93. The molecule has 1 N–H and O–H groups in total. The zero-order valence-electron chi connectivity index (χ0n) is 24.5. The van der Waals surface area contributed by atoms with Gasteiger partial charge in [0.05, 0.1) is 0 Å². The van der Waals surface area contributed by atoms with Crippen LogP contribution >= 0.6 is 11.8 Å². The van der Waals surface area contributed by atoms with Crippen LogP contribution in [0.3, 0.4) is 0 Å². The maximum absolute atomic E-state index is 12.1. The Labute approximate surface area is 252 Å². The van der Waals surface area contributed by atoms with Crippen molar-refractivity contribution < 1.29 is 79.0 Å². The lowest BCUT2D eigenvalue weighted by Gasteiger charge is -2.44. The third kappa shape index (κ3) is 9.69. The lowest BCUT2D eigenvalue weighted by atomic mass is 9.99. The maximum atomic E-state index is 12.1. The molecule has 0 aromatic rings. The summed E-state index contributed by atoms with van der Waals surface area (Å²) >= 11 is 0.824. The van der Waals surface area contributed by atoms with Gasteiger partial charge in [-0.1, -0.05) is 0 Å². The second-order valence-corrected chi connectivity index (χ2v) is 12.4. The molecule has 3 fully saturated rings. The van der Waals surface area contributed by atoms with Crippen molar-refractivity contribution in [2.24, 2.45) is 0 Å². The summed E-state index contributed by atoms with van der Waals surface area (Å²) in [4.78, 5) is 47.6. The van der Waals surface area contributed by atoms with Crippen molar-refractivity contribution in [3.05, 3.63) is 0 Å². The predicted octanol–water partition coefficient (Wildman–Crippen LogP) is -0.118. The van der Waals surface area contributed by atoms with Gasteiger partial charge in [0, 0.05) is 40.6 Å². The fourth-order valence-corrected chi connectivity index (χ4v) is 6.75. The highest BCUT2D eigenvalue weighted by atomic mass is 32.3. The lowest BCUT2D eigenvalue weighted by molar-refractivity contribution is -0.237. The zero-order chi connectivity index (χ0) is 32.3. The van der Waals surface area contributed by atoms with Gasteiger partial charge in [0.25, 0.3) is 0 Å². The van der Waals surface area contributed by atoms with Crippen molar-refractivity contribution in [2.75, 3.05) is 19.5 Å². The number of ether oxygens (including phenoxy) is 9. The summed E-state index contributed by atoms with van der Waals surface area (Å²) in [7, 11) is -3.70. The number of esters is 4. The highest BCUT2D eigenvalue weighted by Crippen LogP contribution is 2.41. The van der Waals surface area contributed by atoms with Crippen molar-refractivity contribution in [3.8, 4) is 0 Å². The minimum Gasteiger partial charge on any atom is -0.463 e. The Kier molecular flexibility index (Phi) is 11.8. The molecule has 0 amide bonds. The summed E-state index contributed by atoms with van der Waals surface area (Å²) in [5, 5.41) is 0. The third-order valence-electron chi connectivity index (χ3n) is 6.28. The normalized spacial score (nSPS) is 34.1. The number of thioether (sulfide) groups is 1. The van der Waals surface area contributed by atoms with Gasteiger partial charge in [-0.2, -0.15) is 8.42 Å². The Morgan fingerprint density at radius 3 is 1.98 bits per heavy atom. The summed E-state index contributed by atoms with van der Waals surface area (Å²) in [6.45, 7) is 7.24. The Morgan fingerprint density at radius 1 is 0.860 bits per heavy atom. The fraction of sp³-hybridized carbons (Fsp3) is 0.833. The van der Waals surface area contributed by atoms with Gasteiger partial charge in [0.15, 0.2) is 30.4 Å². The molecule has 0 aliphatic carbocycles. The first-order chi connectivity index (χ1) is 19.9. The van der Waals surface area contributed by atoms with Crippen LogP contribution in [0.2, 0.25) is 0 Å². The summed E-state index contributed by atoms with van der Waals surface area (Å²) < 4.78 is 88.4. The Bertz CT molecular complexity index is 1140. The van der Waals surface area contributed by atoms with Crippen LogP contribution in [0.15, 0.2) is 0 Å². The minimum absolute atomic E-state index is 0.319. The number of fused-ring (bicyclic) bond motifs is 1. The lowest BCUT2D eigenvalue weighted by Crippen LogP contribution is -2.61. The van der Waals surface area contributed by atoms with E-state index in [4.69, 9.17) is 46.8 Å². The SMILES string of the molecule is CO[C@@H]1[C@H]2OC(C)(C)O[C@H]2O[C@@H]1C(CS[C@@H]1O[C@H](COC(C)=O)[C@H](OC(C)=O)[C@H](OC(C)=O)[C@H]1OC(C)=O)OS(=O)(=O)O. The van der Waals surface area contributed by atoms with Crippen LogP contribution in [0.5, 0.6) is 0 Å². The maximum Gasteiger partial charge on any atom is 0.397 e. The van der Waals surface area contributed by atoms with Crippen molar-refractivity contribution in [1.29, 1.82) is 0 Å². The van der Waals surface area contributed by atoms with Gasteiger partial charge in [0.2, 0.25) is 0 Å². The van der Waals surface area contributed by atoms with Crippen LogP contribution in [-0.4, -0.2) is 123 Å². The molecular formula is C24H36O17S2. The van der Waals surface area contributed by atoms with Crippen LogP contribution < -0.4 is 0 Å². The fourth-order valence-electron chi connectivity index (χ4n) is 4.92. The van der Waals surface area contributed by atoms with Gasteiger partial charge in [-0.15, -0.1) is 11.8 Å². The molecule has 3 aliphatic rings. The molecule has 3 rings (SSSR count). The molecule has 0 aromatic heterocycles. The zero-order valence-corrected chi connectivity index (χ0v) is 26.1. The number of hydrogen-bond acceptors (Lipinski definition) is 17. The van der Waals surface area contributed by atoms with Crippen LogP contribution in [-0.2, 0) is 76.4 Å². The van der Waals surface area contributed by atoms with Gasteiger partial charge >= 0.3 is 34.3 Å². The molecule has 19 heteroatoms. The molecule has 3 heterocycles. The van der Waals surface area contributed by atoms with E-state index in [0.717, 1.165) is 39.5 Å². The minimum atomic E-state index is -5.04. The summed E-state index contributed by atoms with van der Waals surface area (Å²) in [5.74, 6) is -4.45. The third-order valence-corrected chi connectivity index (χ3v) is 8.00. The molecule has 10 atom stereocenters. The van der Waals surface area contributed by atoms with Crippen LogP contribution in [0.4, 0.5) is 0 Å². The molecule has 3 saturated heterocycles. The van der Waals surface area contributed by atoms with Gasteiger partial charge < -0.3 is 42.6 Å². The first-order valence-electron chi connectivity index (χ1n) is 13.0. The molecule has 0 radical (unpaired) electrons. The number of methoxy groups -OCH3 is 1. The first-order valence-corrected chi connectivity index (χ1v) is 15.4. The molecule has 43 heavy (non-hydrogen) atoms. The highest BCUT2D eigenvalue weighted by Gasteiger charge is 2.58. The molecule has 0 aromatic carbocycles. The van der Waals surface area contributed by atoms with Crippen LogP contribution in [0, 0.1) is 0 Å². The number of hydrogen-bond donors (Lipinski definition) is 1. The molecule has 0 bridgehead atoms. The van der Waals surface area contributed by atoms with E-state index >= 15 is 0 Å². The first kappa shape index (κ1) is 35.4. The quantitative estimate of drug-likeness (QED) is 0.164. The molecule has 0 saturated carbocycles. The molecule has 0 spiro atoms. The topological polar surface area (TPSA) is 215 Å². The van der Waals surface area contributed by atoms with Crippen LogP contribution in [0.1, 0.15) is 41.5 Å². The number of carbonyl (C=O) groups is 4. The van der Waals surface area contributed by atoms with Crippen molar-refractivity contribution in [3.63, 3.8) is 0 Å². The van der Waals surface area contributed by atoms with Crippen molar-refractivity contribution in [1.82, 2.24) is 0 Å². The molecule has 3 aliphatic heterocycles. The largest absolute Gasteiger partial charge is 0.463 e. The van der Waals surface area contributed by atoms with E-state index in [1.807, 2.05) is 0 Å². The second-order valence-electron chi connectivity index (χ2n) is 10.2. The average Bonchev–Trinajstić information content (AvgIpc) is 3.33. The van der Waals surface area contributed by atoms with Gasteiger partial charge in [0.1, 0.15) is 42.6 Å². The molecule has 246 valence electrons. The second kappa shape index (κ2) is 14.3. The Morgan fingerprint density at radius 2 is 1.44 bits per heavy atom. The summed E-state index contributed by atoms with van der Waals surface area (Å²) in [6.07, 6.45) is -10.7. The summed E-state index contributed by atoms with van der Waals surface area (Å²) in [6, 6.07) is 0. The predicted molar refractivity (Wildman–Crippen MR) is 140 cm³/mol. The monoisotopic (exact) mass is 660 g/mol. The molecule has 17 nitrogen and oxygen atoms in total. The van der Waals surface area contributed by atoms with E-state index in [1.54, 1.807) is 13.8 Å². The van der Waals surface area contributed by atoms with E-state index in [9.17, 15) is 32.1 Å². The standard InChI is InChI=1S/C24H36O17S2/c1-10(25)33-8-14-16(34-11(2)26)19(35-12(3)27)21(36-13(4)28)23(37-14)42-9-15(41-43(29,30)31)17-18(32-7)20-22(38-17)40-24(5,6)39-20/h14-23H,8-9H2,1-7H3,(H,29,30,31)/t14-,15?,16+,17-,18+,19+,20-,21-,22-,23+/m1/s1. The van der Waals surface area contributed by atoms with E-state index in [0.29, 0.717) is 0 Å². The number of carbonyl (C=O) groups excluding carboxylic acids is 4.